The first-order chi connectivity index (χ1) is 9.65. The summed E-state index contributed by atoms with van der Waals surface area (Å²) in [5, 5.41) is 4.27. The van der Waals surface area contributed by atoms with Gasteiger partial charge in [-0.15, -0.1) is 0 Å². The Bertz CT molecular complexity index is 652. The molecule has 0 spiro atoms. The second kappa shape index (κ2) is 5.37. The van der Waals surface area contributed by atoms with Crippen LogP contribution in [0.3, 0.4) is 0 Å². The summed E-state index contributed by atoms with van der Waals surface area (Å²) in [5.74, 6) is 1.01. The lowest BCUT2D eigenvalue weighted by Gasteiger charge is -2.14. The number of hydrogen-bond acceptors (Lipinski definition) is 2. The van der Waals surface area contributed by atoms with Crippen molar-refractivity contribution in [3.8, 4) is 5.75 Å². The molecule has 2 aromatic rings. The van der Waals surface area contributed by atoms with Crippen LogP contribution in [0.1, 0.15) is 22.3 Å². The van der Waals surface area contributed by atoms with Gasteiger partial charge in [-0.1, -0.05) is 23.7 Å². The van der Waals surface area contributed by atoms with Crippen LogP contribution in [-0.2, 0) is 13.0 Å². The van der Waals surface area contributed by atoms with Gasteiger partial charge in [0.05, 0.1) is 6.61 Å². The second-order valence-corrected chi connectivity index (χ2v) is 5.69. The predicted octanol–water partition coefficient (Wildman–Crippen LogP) is 4.50. The van der Waals surface area contributed by atoms with E-state index < -0.39 is 0 Å². The Kier molecular flexibility index (Phi) is 3.58. The molecule has 0 fully saturated rings. The van der Waals surface area contributed by atoms with Gasteiger partial charge in [0.1, 0.15) is 5.75 Å². The van der Waals surface area contributed by atoms with E-state index in [1.54, 1.807) is 0 Å². The molecule has 0 aliphatic carbocycles. The van der Waals surface area contributed by atoms with E-state index in [1.807, 2.05) is 12.1 Å². The SMILES string of the molecule is Cc1cccc(NCc2cc(Cl)cc3c2OCC3)c1C. The van der Waals surface area contributed by atoms with Gasteiger partial charge in [-0.2, -0.15) is 0 Å². The molecule has 2 aromatic carbocycles. The van der Waals surface area contributed by atoms with Crippen LogP contribution in [0.25, 0.3) is 0 Å². The molecule has 0 amide bonds. The van der Waals surface area contributed by atoms with E-state index in [4.69, 9.17) is 16.3 Å². The zero-order valence-electron chi connectivity index (χ0n) is 11.8. The summed E-state index contributed by atoms with van der Waals surface area (Å²) in [6, 6.07) is 10.3. The molecular formula is C17H18ClNO. The van der Waals surface area contributed by atoms with Crippen LogP contribution >= 0.6 is 11.6 Å². The van der Waals surface area contributed by atoms with Gasteiger partial charge in [0.15, 0.2) is 0 Å². The van der Waals surface area contributed by atoms with Gasteiger partial charge >= 0.3 is 0 Å². The maximum absolute atomic E-state index is 6.18. The molecule has 0 radical (unpaired) electrons. The molecule has 2 nitrogen and oxygen atoms in total. The van der Waals surface area contributed by atoms with Crippen LogP contribution in [0.15, 0.2) is 30.3 Å². The van der Waals surface area contributed by atoms with Crippen molar-refractivity contribution in [1.82, 2.24) is 0 Å². The molecule has 0 bridgehead atoms. The molecule has 0 aromatic heterocycles. The predicted molar refractivity (Wildman–Crippen MR) is 83.9 cm³/mol. The van der Waals surface area contributed by atoms with Gasteiger partial charge in [-0.25, -0.2) is 0 Å². The Morgan fingerprint density at radius 1 is 1.25 bits per heavy atom. The Morgan fingerprint density at radius 2 is 2.10 bits per heavy atom. The third-order valence-electron chi connectivity index (χ3n) is 3.90. The largest absolute Gasteiger partial charge is 0.493 e. The van der Waals surface area contributed by atoms with Gasteiger partial charge in [0, 0.05) is 29.2 Å². The first-order valence-electron chi connectivity index (χ1n) is 6.89. The number of benzene rings is 2. The van der Waals surface area contributed by atoms with Crippen molar-refractivity contribution < 1.29 is 4.74 Å². The number of hydrogen-bond donors (Lipinski definition) is 1. The van der Waals surface area contributed by atoms with Gasteiger partial charge in [0.2, 0.25) is 0 Å². The van der Waals surface area contributed by atoms with Crippen molar-refractivity contribution in [2.45, 2.75) is 26.8 Å². The molecule has 0 saturated heterocycles. The highest BCUT2D eigenvalue weighted by Gasteiger charge is 2.17. The Hall–Kier alpha value is -1.67. The standard InChI is InChI=1S/C17H18ClNO/c1-11-4-3-5-16(12(11)2)19-10-14-9-15(18)8-13-6-7-20-17(13)14/h3-5,8-9,19H,6-7,10H2,1-2H3. The molecule has 3 heteroatoms. The van der Waals surface area contributed by atoms with Gasteiger partial charge in [0.25, 0.3) is 0 Å². The summed E-state index contributed by atoms with van der Waals surface area (Å²) in [6.45, 7) is 5.75. The fraction of sp³-hybridized carbons (Fsp3) is 0.294. The lowest BCUT2D eigenvalue weighted by atomic mass is 10.1. The van der Waals surface area contributed by atoms with E-state index in [0.29, 0.717) is 0 Å². The number of nitrogens with one attached hydrogen (secondary N) is 1. The fourth-order valence-electron chi connectivity index (χ4n) is 2.61. The first-order valence-corrected chi connectivity index (χ1v) is 7.27. The second-order valence-electron chi connectivity index (χ2n) is 5.25. The van der Waals surface area contributed by atoms with Crippen LogP contribution in [0.2, 0.25) is 5.02 Å². The number of halogens is 1. The van der Waals surface area contributed by atoms with Crippen LogP contribution in [0.4, 0.5) is 5.69 Å². The molecule has 1 heterocycles. The van der Waals surface area contributed by atoms with Crippen molar-refractivity contribution in [1.29, 1.82) is 0 Å². The van der Waals surface area contributed by atoms with Gasteiger partial charge in [-0.3, -0.25) is 0 Å². The number of anilines is 1. The van der Waals surface area contributed by atoms with E-state index in [2.05, 4.69) is 37.4 Å². The minimum absolute atomic E-state index is 0.729. The van der Waals surface area contributed by atoms with E-state index in [0.717, 1.165) is 41.6 Å². The molecule has 0 unspecified atom stereocenters. The minimum atomic E-state index is 0.729. The molecule has 1 aliphatic rings. The highest BCUT2D eigenvalue weighted by Crippen LogP contribution is 2.33. The average Bonchev–Trinajstić information content (AvgIpc) is 2.88. The first kappa shape index (κ1) is 13.3. The maximum Gasteiger partial charge on any atom is 0.127 e. The van der Waals surface area contributed by atoms with Gasteiger partial charge in [-0.05, 0) is 48.7 Å². The summed E-state index contributed by atoms with van der Waals surface area (Å²) >= 11 is 6.18. The maximum atomic E-state index is 6.18. The Balaban J connectivity index is 1.84. The van der Waals surface area contributed by atoms with Crippen molar-refractivity contribution in [2.75, 3.05) is 11.9 Å². The van der Waals surface area contributed by atoms with Crippen molar-refractivity contribution in [2.24, 2.45) is 0 Å². The van der Waals surface area contributed by atoms with Crippen molar-refractivity contribution >= 4 is 17.3 Å². The summed E-state index contributed by atoms with van der Waals surface area (Å²) in [4.78, 5) is 0. The molecule has 1 N–H and O–H groups in total. The highest BCUT2D eigenvalue weighted by atomic mass is 35.5. The topological polar surface area (TPSA) is 21.3 Å². The molecule has 1 aliphatic heterocycles. The quantitative estimate of drug-likeness (QED) is 0.897. The number of aryl methyl sites for hydroxylation is 1. The minimum Gasteiger partial charge on any atom is -0.493 e. The summed E-state index contributed by atoms with van der Waals surface area (Å²) in [6.07, 6.45) is 0.951. The summed E-state index contributed by atoms with van der Waals surface area (Å²) in [7, 11) is 0. The van der Waals surface area contributed by atoms with Crippen LogP contribution in [0, 0.1) is 13.8 Å². The Labute approximate surface area is 124 Å². The van der Waals surface area contributed by atoms with E-state index in [1.165, 1.54) is 16.7 Å². The molecule has 0 saturated carbocycles. The monoisotopic (exact) mass is 287 g/mol. The van der Waals surface area contributed by atoms with E-state index in [9.17, 15) is 0 Å². The van der Waals surface area contributed by atoms with Crippen molar-refractivity contribution in [3.05, 3.63) is 57.6 Å². The molecular weight excluding hydrogens is 270 g/mol. The average molecular weight is 288 g/mol. The van der Waals surface area contributed by atoms with Crippen LogP contribution in [0.5, 0.6) is 5.75 Å². The lowest BCUT2D eigenvalue weighted by molar-refractivity contribution is 0.354. The molecule has 104 valence electrons. The third kappa shape index (κ3) is 2.48. The number of fused-ring (bicyclic) bond motifs is 1. The molecule has 0 atom stereocenters. The normalized spacial score (nSPS) is 12.9. The van der Waals surface area contributed by atoms with Crippen LogP contribution in [-0.4, -0.2) is 6.61 Å². The highest BCUT2D eigenvalue weighted by molar-refractivity contribution is 6.30. The summed E-state index contributed by atoms with van der Waals surface area (Å²) < 4.78 is 5.73. The smallest absolute Gasteiger partial charge is 0.127 e. The lowest BCUT2D eigenvalue weighted by Crippen LogP contribution is -2.03. The molecule has 3 rings (SSSR count). The van der Waals surface area contributed by atoms with Crippen LogP contribution < -0.4 is 10.1 Å². The van der Waals surface area contributed by atoms with Gasteiger partial charge < -0.3 is 10.1 Å². The van der Waals surface area contributed by atoms with E-state index in [-0.39, 0.29) is 0 Å². The number of ether oxygens (including phenoxy) is 1. The molecule has 20 heavy (non-hydrogen) atoms. The fourth-order valence-corrected chi connectivity index (χ4v) is 2.87. The van der Waals surface area contributed by atoms with Crippen molar-refractivity contribution in [3.63, 3.8) is 0 Å². The zero-order valence-corrected chi connectivity index (χ0v) is 12.6. The third-order valence-corrected chi connectivity index (χ3v) is 4.12. The Morgan fingerprint density at radius 3 is 2.95 bits per heavy atom. The summed E-state index contributed by atoms with van der Waals surface area (Å²) in [5.41, 5.74) is 6.09. The zero-order chi connectivity index (χ0) is 14.1. The number of rotatable bonds is 3. The van der Waals surface area contributed by atoms with E-state index >= 15 is 0 Å².